The van der Waals surface area contributed by atoms with Crippen molar-refractivity contribution in [3.63, 3.8) is 0 Å². The molecular formula is C10H21GdNO. The van der Waals surface area contributed by atoms with Gasteiger partial charge in [-0.2, -0.15) is 0 Å². The van der Waals surface area contributed by atoms with E-state index in [0.29, 0.717) is 0 Å². The first-order valence-electron chi connectivity index (χ1n) is 4.67. The molecule has 0 aliphatic heterocycles. The molecule has 1 N–H and O–H groups in total. The van der Waals surface area contributed by atoms with Gasteiger partial charge in [-0.1, -0.05) is 13.3 Å². The Balaban J connectivity index is 0. The number of nitrogens with zero attached hydrogens (tertiary/aromatic N) is 1. The van der Waals surface area contributed by atoms with Crippen molar-refractivity contribution in [2.45, 2.75) is 59.1 Å². The second kappa shape index (κ2) is 7.27. The van der Waals surface area contributed by atoms with Gasteiger partial charge in [0.25, 0.3) is 0 Å². The molecule has 0 aliphatic rings. The molecule has 0 aromatic rings. The summed E-state index contributed by atoms with van der Waals surface area (Å²) in [7, 11) is 0. The standard InChI is InChI=1S/C10H21NO.Gd/c1-6-7-10(5,12)9(4)11-8(2)3;/h8,12H,6-7H2,1-5H3;. The van der Waals surface area contributed by atoms with Gasteiger partial charge in [0, 0.05) is 51.7 Å². The van der Waals surface area contributed by atoms with Gasteiger partial charge in [0.15, 0.2) is 0 Å². The molecule has 1 unspecified atom stereocenters. The molecule has 0 aromatic carbocycles. The zero-order chi connectivity index (χ0) is 9.78. The van der Waals surface area contributed by atoms with Crippen molar-refractivity contribution in [1.82, 2.24) is 0 Å². The predicted molar refractivity (Wildman–Crippen MR) is 53.8 cm³/mol. The summed E-state index contributed by atoms with van der Waals surface area (Å²) in [6, 6.07) is 0.272. The van der Waals surface area contributed by atoms with Crippen LogP contribution in [0.5, 0.6) is 0 Å². The molecule has 80 valence electrons. The Labute approximate surface area is 114 Å². The Morgan fingerprint density at radius 3 is 2.23 bits per heavy atom. The van der Waals surface area contributed by atoms with Gasteiger partial charge < -0.3 is 5.11 Å². The molecule has 0 radical (unpaired) electrons. The largest absolute Gasteiger partial charge is 0.384 e. The molecule has 13 heavy (non-hydrogen) atoms. The van der Waals surface area contributed by atoms with Crippen LogP contribution in [0.2, 0.25) is 0 Å². The van der Waals surface area contributed by atoms with Gasteiger partial charge in [-0.25, -0.2) is 0 Å². The van der Waals surface area contributed by atoms with E-state index in [1.165, 1.54) is 0 Å². The normalized spacial score (nSPS) is 16.7. The number of hydrogen-bond acceptors (Lipinski definition) is 2. The third kappa shape index (κ3) is 6.95. The van der Waals surface area contributed by atoms with Crippen LogP contribution >= 0.6 is 0 Å². The number of hydrogen-bond donors (Lipinski definition) is 1. The van der Waals surface area contributed by atoms with E-state index < -0.39 is 5.60 Å². The summed E-state index contributed by atoms with van der Waals surface area (Å²) in [5.41, 5.74) is 0.137. The summed E-state index contributed by atoms with van der Waals surface area (Å²) in [5, 5.41) is 9.90. The van der Waals surface area contributed by atoms with E-state index in [9.17, 15) is 5.11 Å². The van der Waals surface area contributed by atoms with Crippen molar-refractivity contribution in [2.75, 3.05) is 0 Å². The first-order valence-corrected chi connectivity index (χ1v) is 4.67. The van der Waals surface area contributed by atoms with Crippen molar-refractivity contribution in [1.29, 1.82) is 0 Å². The topological polar surface area (TPSA) is 32.6 Å². The Morgan fingerprint density at radius 2 is 1.92 bits per heavy atom. The Bertz CT molecular complexity index is 164. The van der Waals surface area contributed by atoms with Crippen molar-refractivity contribution in [3.8, 4) is 0 Å². The van der Waals surface area contributed by atoms with Crippen molar-refractivity contribution < 1.29 is 45.0 Å². The molecular weight excluding hydrogens is 307 g/mol. The summed E-state index contributed by atoms with van der Waals surface area (Å²) in [5.74, 6) is 0. The predicted octanol–water partition coefficient (Wildman–Crippen LogP) is 2.41. The van der Waals surface area contributed by atoms with Crippen LogP contribution in [0.4, 0.5) is 0 Å². The third-order valence-electron chi connectivity index (χ3n) is 1.97. The van der Waals surface area contributed by atoms with E-state index in [1.54, 1.807) is 0 Å². The van der Waals surface area contributed by atoms with Gasteiger partial charge in [0.1, 0.15) is 0 Å². The SMILES string of the molecule is CCCC(C)(O)C(C)=NC(C)C.[Gd]. The molecule has 0 aliphatic carbocycles. The molecule has 0 amide bonds. The fourth-order valence-corrected chi connectivity index (χ4v) is 1.19. The zero-order valence-corrected chi connectivity index (χ0v) is 11.5. The van der Waals surface area contributed by atoms with Crippen LogP contribution in [0.25, 0.3) is 0 Å². The van der Waals surface area contributed by atoms with E-state index in [-0.39, 0.29) is 46.0 Å². The zero-order valence-electron chi connectivity index (χ0n) is 9.24. The Kier molecular flexibility index (Phi) is 9.17. The van der Waals surface area contributed by atoms with E-state index >= 15 is 0 Å². The minimum Gasteiger partial charge on any atom is -0.384 e. The molecule has 0 rings (SSSR count). The maximum atomic E-state index is 9.90. The quantitative estimate of drug-likeness (QED) is 0.790. The monoisotopic (exact) mass is 329 g/mol. The van der Waals surface area contributed by atoms with Crippen molar-refractivity contribution >= 4 is 5.71 Å². The Morgan fingerprint density at radius 1 is 1.46 bits per heavy atom. The molecule has 0 fully saturated rings. The fourth-order valence-electron chi connectivity index (χ4n) is 1.19. The maximum absolute atomic E-state index is 9.90. The van der Waals surface area contributed by atoms with Crippen molar-refractivity contribution in [2.24, 2.45) is 4.99 Å². The molecule has 0 aromatic heterocycles. The Hall–Kier alpha value is 0.955. The van der Waals surface area contributed by atoms with Gasteiger partial charge in [-0.15, -0.1) is 0 Å². The van der Waals surface area contributed by atoms with Crippen molar-refractivity contribution in [3.05, 3.63) is 0 Å². The molecule has 0 spiro atoms. The summed E-state index contributed by atoms with van der Waals surface area (Å²) in [6.45, 7) is 9.83. The molecule has 0 saturated carbocycles. The summed E-state index contributed by atoms with van der Waals surface area (Å²) < 4.78 is 0. The maximum Gasteiger partial charge on any atom is 0.0991 e. The average Bonchev–Trinajstić information content (AvgIpc) is 1.85. The molecule has 1 atom stereocenters. The number of aliphatic imine (C=N–C) groups is 1. The molecule has 3 heteroatoms. The summed E-state index contributed by atoms with van der Waals surface area (Å²) >= 11 is 0. The first-order chi connectivity index (χ1) is 5.40. The second-order valence-electron chi connectivity index (χ2n) is 3.83. The van der Waals surface area contributed by atoms with E-state index in [2.05, 4.69) is 11.9 Å². The summed E-state index contributed by atoms with van der Waals surface area (Å²) in [4.78, 5) is 4.33. The number of rotatable bonds is 4. The first kappa shape index (κ1) is 16.4. The fraction of sp³-hybridized carbons (Fsp3) is 0.900. The summed E-state index contributed by atoms with van der Waals surface area (Å²) in [6.07, 6.45) is 1.77. The molecule has 0 bridgehead atoms. The number of aliphatic hydroxyl groups is 1. The molecule has 2 nitrogen and oxygen atoms in total. The van der Waals surface area contributed by atoms with E-state index in [0.717, 1.165) is 18.6 Å². The molecule has 0 heterocycles. The van der Waals surface area contributed by atoms with Gasteiger partial charge in [-0.05, 0) is 34.1 Å². The van der Waals surface area contributed by atoms with Gasteiger partial charge in [0.05, 0.1) is 5.60 Å². The van der Waals surface area contributed by atoms with Crippen LogP contribution in [0.15, 0.2) is 4.99 Å². The van der Waals surface area contributed by atoms with Crippen LogP contribution < -0.4 is 0 Å². The van der Waals surface area contributed by atoms with Crippen LogP contribution in [-0.2, 0) is 0 Å². The van der Waals surface area contributed by atoms with Crippen LogP contribution in [0.1, 0.15) is 47.5 Å². The van der Waals surface area contributed by atoms with Crippen LogP contribution in [0.3, 0.4) is 0 Å². The second-order valence-corrected chi connectivity index (χ2v) is 3.83. The van der Waals surface area contributed by atoms with E-state index in [4.69, 9.17) is 0 Å². The third-order valence-corrected chi connectivity index (χ3v) is 1.97. The van der Waals surface area contributed by atoms with Gasteiger partial charge in [-0.3, -0.25) is 4.99 Å². The van der Waals surface area contributed by atoms with Crippen LogP contribution in [0, 0.1) is 39.9 Å². The minimum absolute atomic E-state index is 0. The minimum atomic E-state index is -0.709. The van der Waals surface area contributed by atoms with E-state index in [1.807, 2.05) is 27.7 Å². The van der Waals surface area contributed by atoms with Gasteiger partial charge in [0.2, 0.25) is 0 Å². The van der Waals surface area contributed by atoms with Crippen LogP contribution in [-0.4, -0.2) is 22.5 Å². The molecule has 0 saturated heterocycles. The average molecular weight is 329 g/mol. The van der Waals surface area contributed by atoms with Gasteiger partial charge >= 0.3 is 0 Å². The smallest absolute Gasteiger partial charge is 0.0991 e.